The van der Waals surface area contributed by atoms with Gasteiger partial charge in [0.25, 0.3) is 0 Å². The lowest BCUT2D eigenvalue weighted by Crippen LogP contribution is -2.45. The molecule has 3 rings (SSSR count). The van der Waals surface area contributed by atoms with Gasteiger partial charge in [0.15, 0.2) is 5.76 Å². The maximum Gasteiger partial charge on any atom is 0.433 e. The minimum absolute atomic E-state index is 0.501. The fourth-order valence-electron chi connectivity index (χ4n) is 2.80. The standard InChI is InChI=1S/C16H19F3N4O/c1-12-8-14(24-21-12)11-23-6-4-22(5-7-23)10-13-2-3-20-15(9-13)16(17,18)19/h2-3,8-9H,4-7,10-11H2,1H3. The van der Waals surface area contributed by atoms with E-state index in [4.69, 9.17) is 4.52 Å². The molecule has 3 heterocycles. The first-order valence-electron chi connectivity index (χ1n) is 7.79. The Labute approximate surface area is 138 Å². The van der Waals surface area contributed by atoms with Crippen LogP contribution >= 0.6 is 0 Å². The summed E-state index contributed by atoms with van der Waals surface area (Å²) in [4.78, 5) is 7.80. The highest BCUT2D eigenvalue weighted by molar-refractivity contribution is 5.18. The van der Waals surface area contributed by atoms with Crippen LogP contribution in [0.4, 0.5) is 13.2 Å². The third-order valence-electron chi connectivity index (χ3n) is 4.04. The Morgan fingerprint density at radius 3 is 2.33 bits per heavy atom. The number of hydrogen-bond donors (Lipinski definition) is 0. The van der Waals surface area contributed by atoms with Gasteiger partial charge in [-0.15, -0.1) is 0 Å². The number of aromatic nitrogens is 2. The molecule has 24 heavy (non-hydrogen) atoms. The summed E-state index contributed by atoms with van der Waals surface area (Å²) in [5.41, 5.74) is 0.665. The average molecular weight is 340 g/mol. The summed E-state index contributed by atoms with van der Waals surface area (Å²) in [5, 5.41) is 3.87. The molecule has 2 aromatic rings. The summed E-state index contributed by atoms with van der Waals surface area (Å²) >= 11 is 0. The summed E-state index contributed by atoms with van der Waals surface area (Å²) in [6, 6.07) is 4.69. The number of alkyl halides is 3. The van der Waals surface area contributed by atoms with Gasteiger partial charge in [-0.2, -0.15) is 13.2 Å². The highest BCUT2D eigenvalue weighted by atomic mass is 19.4. The third-order valence-corrected chi connectivity index (χ3v) is 4.04. The molecule has 0 bridgehead atoms. The van der Waals surface area contributed by atoms with E-state index >= 15 is 0 Å². The number of rotatable bonds is 4. The second kappa shape index (κ2) is 6.90. The molecule has 0 aromatic carbocycles. The van der Waals surface area contributed by atoms with Crippen LogP contribution in [-0.4, -0.2) is 46.1 Å². The predicted octanol–water partition coefficient (Wildman–Crippen LogP) is 2.71. The molecule has 5 nitrogen and oxygen atoms in total. The van der Waals surface area contributed by atoms with Crippen molar-refractivity contribution in [2.75, 3.05) is 26.2 Å². The zero-order chi connectivity index (χ0) is 17.2. The lowest BCUT2D eigenvalue weighted by atomic mass is 10.2. The Hall–Kier alpha value is -1.93. The van der Waals surface area contributed by atoms with Crippen LogP contribution in [0, 0.1) is 6.92 Å². The number of nitrogens with zero attached hydrogens (tertiary/aromatic N) is 4. The Morgan fingerprint density at radius 2 is 1.75 bits per heavy atom. The molecule has 1 aliphatic rings. The van der Waals surface area contributed by atoms with Gasteiger partial charge in [-0.05, 0) is 24.6 Å². The molecule has 0 unspecified atom stereocenters. The third kappa shape index (κ3) is 4.33. The highest BCUT2D eigenvalue weighted by Gasteiger charge is 2.32. The molecule has 0 spiro atoms. The monoisotopic (exact) mass is 340 g/mol. The van der Waals surface area contributed by atoms with Crippen LogP contribution in [-0.2, 0) is 19.3 Å². The summed E-state index contributed by atoms with van der Waals surface area (Å²) < 4.78 is 43.3. The fourth-order valence-corrected chi connectivity index (χ4v) is 2.80. The van der Waals surface area contributed by atoms with E-state index in [0.717, 1.165) is 43.7 Å². The molecule has 2 aromatic heterocycles. The molecule has 1 fully saturated rings. The average Bonchev–Trinajstić information content (AvgIpc) is 2.94. The topological polar surface area (TPSA) is 45.4 Å². The van der Waals surface area contributed by atoms with Gasteiger partial charge in [-0.3, -0.25) is 14.8 Å². The van der Waals surface area contributed by atoms with Crippen molar-refractivity contribution in [1.29, 1.82) is 0 Å². The molecule has 130 valence electrons. The predicted molar refractivity (Wildman–Crippen MR) is 81.0 cm³/mol. The summed E-state index contributed by atoms with van der Waals surface area (Å²) in [6.07, 6.45) is -3.18. The molecule has 0 radical (unpaired) electrons. The van der Waals surface area contributed by atoms with E-state index in [1.807, 2.05) is 13.0 Å². The van der Waals surface area contributed by atoms with Crippen molar-refractivity contribution in [2.45, 2.75) is 26.2 Å². The van der Waals surface area contributed by atoms with Gasteiger partial charge < -0.3 is 4.52 Å². The van der Waals surface area contributed by atoms with Gasteiger partial charge in [0.2, 0.25) is 0 Å². The molecule has 0 aliphatic carbocycles. The summed E-state index contributed by atoms with van der Waals surface area (Å²) in [5.74, 6) is 0.838. The Kier molecular flexibility index (Phi) is 4.86. The van der Waals surface area contributed by atoms with Gasteiger partial charge in [0, 0.05) is 45.0 Å². The zero-order valence-corrected chi connectivity index (χ0v) is 13.4. The van der Waals surface area contributed by atoms with Crippen LogP contribution in [0.25, 0.3) is 0 Å². The van der Waals surface area contributed by atoms with Crippen molar-refractivity contribution in [3.8, 4) is 0 Å². The van der Waals surface area contributed by atoms with Crippen LogP contribution in [0.5, 0.6) is 0 Å². The first kappa shape index (κ1) is 16.9. The van der Waals surface area contributed by atoms with Crippen molar-refractivity contribution in [3.05, 3.63) is 47.1 Å². The quantitative estimate of drug-likeness (QED) is 0.856. The molecule has 8 heteroatoms. The van der Waals surface area contributed by atoms with E-state index < -0.39 is 11.9 Å². The SMILES string of the molecule is Cc1cc(CN2CCN(Cc3ccnc(C(F)(F)F)c3)CC2)on1. The van der Waals surface area contributed by atoms with Crippen LogP contribution in [0.2, 0.25) is 0 Å². The van der Waals surface area contributed by atoms with Gasteiger partial charge in [0.1, 0.15) is 5.69 Å². The van der Waals surface area contributed by atoms with Crippen LogP contribution in [0.1, 0.15) is 22.7 Å². The molecule has 1 saturated heterocycles. The lowest BCUT2D eigenvalue weighted by Gasteiger charge is -2.34. The second-order valence-electron chi connectivity index (χ2n) is 6.03. The Bertz CT molecular complexity index is 678. The van der Waals surface area contributed by atoms with E-state index in [0.29, 0.717) is 18.7 Å². The molecular weight excluding hydrogens is 321 g/mol. The van der Waals surface area contributed by atoms with E-state index in [-0.39, 0.29) is 0 Å². The number of pyridine rings is 1. The Morgan fingerprint density at radius 1 is 1.08 bits per heavy atom. The first-order chi connectivity index (χ1) is 11.4. The van der Waals surface area contributed by atoms with E-state index in [9.17, 15) is 13.2 Å². The van der Waals surface area contributed by atoms with E-state index in [1.165, 1.54) is 6.20 Å². The van der Waals surface area contributed by atoms with Gasteiger partial charge in [-0.1, -0.05) is 5.16 Å². The minimum Gasteiger partial charge on any atom is -0.360 e. The number of aryl methyl sites for hydroxylation is 1. The van der Waals surface area contributed by atoms with Crippen molar-refractivity contribution in [2.24, 2.45) is 0 Å². The number of hydrogen-bond acceptors (Lipinski definition) is 5. The van der Waals surface area contributed by atoms with Crippen molar-refractivity contribution in [3.63, 3.8) is 0 Å². The molecule has 0 N–H and O–H groups in total. The Balaban J connectivity index is 1.52. The molecule has 1 aliphatic heterocycles. The summed E-state index contributed by atoms with van der Waals surface area (Å²) in [7, 11) is 0. The molecular formula is C16H19F3N4O. The van der Waals surface area contributed by atoms with Gasteiger partial charge in [-0.25, -0.2) is 0 Å². The van der Waals surface area contributed by atoms with Gasteiger partial charge >= 0.3 is 6.18 Å². The van der Waals surface area contributed by atoms with Crippen molar-refractivity contribution < 1.29 is 17.7 Å². The minimum atomic E-state index is -4.40. The van der Waals surface area contributed by atoms with Crippen molar-refractivity contribution in [1.82, 2.24) is 19.9 Å². The molecule has 0 amide bonds. The van der Waals surface area contributed by atoms with E-state index in [2.05, 4.69) is 19.9 Å². The first-order valence-corrected chi connectivity index (χ1v) is 7.79. The number of halogens is 3. The van der Waals surface area contributed by atoms with Crippen LogP contribution < -0.4 is 0 Å². The maximum absolute atomic E-state index is 12.7. The summed E-state index contributed by atoms with van der Waals surface area (Å²) in [6.45, 7) is 6.39. The van der Waals surface area contributed by atoms with Crippen LogP contribution in [0.3, 0.4) is 0 Å². The van der Waals surface area contributed by atoms with Crippen LogP contribution in [0.15, 0.2) is 28.9 Å². The van der Waals surface area contributed by atoms with E-state index in [1.54, 1.807) is 6.07 Å². The van der Waals surface area contributed by atoms with Crippen molar-refractivity contribution >= 4 is 0 Å². The largest absolute Gasteiger partial charge is 0.433 e. The van der Waals surface area contributed by atoms with Gasteiger partial charge in [0.05, 0.1) is 12.2 Å². The second-order valence-corrected chi connectivity index (χ2v) is 6.03. The molecule has 0 saturated carbocycles. The normalized spacial score (nSPS) is 17.3. The fraction of sp³-hybridized carbons (Fsp3) is 0.500. The maximum atomic E-state index is 12.7. The lowest BCUT2D eigenvalue weighted by molar-refractivity contribution is -0.141. The number of piperazine rings is 1. The zero-order valence-electron chi connectivity index (χ0n) is 13.4. The highest BCUT2D eigenvalue weighted by Crippen LogP contribution is 2.28. The molecule has 0 atom stereocenters. The smallest absolute Gasteiger partial charge is 0.360 e.